The zero-order valence-corrected chi connectivity index (χ0v) is 20.6. The lowest BCUT2D eigenvalue weighted by atomic mass is 9.98. The van der Waals surface area contributed by atoms with Crippen molar-refractivity contribution < 1.29 is 18.7 Å². The minimum atomic E-state index is -0.547. The fraction of sp³-hybridized carbons (Fsp3) is 0.407. The molecule has 0 saturated heterocycles. The molecule has 3 aromatic rings. The lowest BCUT2D eigenvalue weighted by Gasteiger charge is -2.25. The standard InChI is InChI=1S/C27H30ClNO5/c1-4-5-6-14-33-19-10-8-18(9-11-19)24-23-25(30)20-16-21(28)17(2)15-22(20)34-26(23)27(31)29(24)12-7-13-32-3/h8-11,15-16,24H,4-7,12-14H2,1-3H3. The molecule has 0 saturated carbocycles. The Balaban J connectivity index is 1.75. The quantitative estimate of drug-likeness (QED) is 0.335. The summed E-state index contributed by atoms with van der Waals surface area (Å²) in [5, 5.41) is 0.865. The van der Waals surface area contributed by atoms with Gasteiger partial charge in [0.2, 0.25) is 5.76 Å². The largest absolute Gasteiger partial charge is 0.494 e. The van der Waals surface area contributed by atoms with Crippen molar-refractivity contribution in [3.05, 3.63) is 74.1 Å². The third kappa shape index (κ3) is 4.70. The molecule has 0 spiro atoms. The highest BCUT2D eigenvalue weighted by molar-refractivity contribution is 6.32. The molecule has 2 aromatic carbocycles. The van der Waals surface area contributed by atoms with Gasteiger partial charge in [-0.05, 0) is 55.2 Å². The SMILES string of the molecule is CCCCCOc1ccc(C2c3c(oc4cc(C)c(Cl)cc4c3=O)C(=O)N2CCCOC)cc1. The summed E-state index contributed by atoms with van der Waals surface area (Å²) in [6.45, 7) is 5.60. The van der Waals surface area contributed by atoms with E-state index in [1.807, 2.05) is 31.2 Å². The van der Waals surface area contributed by atoms with Gasteiger partial charge in [-0.15, -0.1) is 0 Å². The van der Waals surface area contributed by atoms with Gasteiger partial charge in [0.15, 0.2) is 5.43 Å². The maximum absolute atomic E-state index is 13.6. The fourth-order valence-electron chi connectivity index (χ4n) is 4.39. The van der Waals surface area contributed by atoms with Crippen LogP contribution in [0.5, 0.6) is 5.75 Å². The maximum Gasteiger partial charge on any atom is 0.290 e. The van der Waals surface area contributed by atoms with Crippen molar-refractivity contribution in [1.82, 2.24) is 4.90 Å². The third-order valence-electron chi connectivity index (χ3n) is 6.21. The van der Waals surface area contributed by atoms with E-state index in [1.54, 1.807) is 24.1 Å². The number of ether oxygens (including phenoxy) is 2. The summed E-state index contributed by atoms with van der Waals surface area (Å²) in [7, 11) is 1.63. The minimum absolute atomic E-state index is 0.0986. The summed E-state index contributed by atoms with van der Waals surface area (Å²) in [5.41, 5.74) is 2.10. The molecule has 2 heterocycles. The van der Waals surface area contributed by atoms with Crippen LogP contribution >= 0.6 is 11.6 Å². The summed E-state index contributed by atoms with van der Waals surface area (Å²) in [6.07, 6.45) is 3.91. The second-order valence-corrected chi connectivity index (χ2v) is 9.05. The summed E-state index contributed by atoms with van der Waals surface area (Å²) < 4.78 is 17.0. The molecule has 0 aliphatic carbocycles. The van der Waals surface area contributed by atoms with Gasteiger partial charge in [-0.1, -0.05) is 43.5 Å². The molecule has 6 nitrogen and oxygen atoms in total. The predicted octanol–water partition coefficient (Wildman–Crippen LogP) is 5.91. The highest BCUT2D eigenvalue weighted by atomic mass is 35.5. The topological polar surface area (TPSA) is 69.0 Å². The van der Waals surface area contributed by atoms with E-state index < -0.39 is 6.04 Å². The van der Waals surface area contributed by atoms with E-state index in [9.17, 15) is 9.59 Å². The van der Waals surface area contributed by atoms with Crippen molar-refractivity contribution in [2.24, 2.45) is 0 Å². The van der Waals surface area contributed by atoms with Crippen LogP contribution in [0.25, 0.3) is 11.0 Å². The Morgan fingerprint density at radius 3 is 2.53 bits per heavy atom. The number of hydrogen-bond acceptors (Lipinski definition) is 5. The molecule has 0 bridgehead atoms. The molecule has 1 unspecified atom stereocenters. The van der Waals surface area contributed by atoms with Crippen LogP contribution in [0.15, 0.2) is 45.6 Å². The van der Waals surface area contributed by atoms with Crippen LogP contribution in [0.2, 0.25) is 5.02 Å². The van der Waals surface area contributed by atoms with E-state index in [2.05, 4.69) is 6.92 Å². The molecule has 0 radical (unpaired) electrons. The average molecular weight is 484 g/mol. The summed E-state index contributed by atoms with van der Waals surface area (Å²) in [5.74, 6) is 0.576. The van der Waals surface area contributed by atoms with Gasteiger partial charge in [0, 0.05) is 25.3 Å². The highest BCUT2D eigenvalue weighted by Gasteiger charge is 2.42. The number of aryl methyl sites for hydroxylation is 1. The second kappa shape index (κ2) is 10.6. The number of rotatable bonds is 10. The zero-order valence-electron chi connectivity index (χ0n) is 19.9. The van der Waals surface area contributed by atoms with E-state index in [0.717, 1.165) is 36.1 Å². The third-order valence-corrected chi connectivity index (χ3v) is 6.61. The molecule has 0 N–H and O–H groups in total. The first-order chi connectivity index (χ1) is 16.5. The van der Waals surface area contributed by atoms with Gasteiger partial charge < -0.3 is 18.8 Å². The van der Waals surface area contributed by atoms with Gasteiger partial charge >= 0.3 is 0 Å². The van der Waals surface area contributed by atoms with Crippen molar-refractivity contribution in [3.8, 4) is 5.75 Å². The molecule has 7 heteroatoms. The zero-order chi connectivity index (χ0) is 24.2. The van der Waals surface area contributed by atoms with Crippen LogP contribution < -0.4 is 10.2 Å². The number of carbonyl (C=O) groups is 1. The Morgan fingerprint density at radius 2 is 1.82 bits per heavy atom. The number of carbonyl (C=O) groups excluding carboxylic acids is 1. The van der Waals surface area contributed by atoms with Crippen molar-refractivity contribution in [3.63, 3.8) is 0 Å². The first kappa shape index (κ1) is 24.3. The van der Waals surface area contributed by atoms with Crippen molar-refractivity contribution in [2.45, 2.75) is 45.6 Å². The Bertz CT molecular complexity index is 1230. The maximum atomic E-state index is 13.6. The Hall–Kier alpha value is -2.83. The number of fused-ring (bicyclic) bond motifs is 2. The van der Waals surface area contributed by atoms with Crippen molar-refractivity contribution >= 4 is 28.5 Å². The smallest absolute Gasteiger partial charge is 0.290 e. The summed E-state index contributed by atoms with van der Waals surface area (Å²) >= 11 is 6.30. The van der Waals surface area contributed by atoms with Gasteiger partial charge in [-0.2, -0.15) is 0 Å². The highest BCUT2D eigenvalue weighted by Crippen LogP contribution is 2.39. The lowest BCUT2D eigenvalue weighted by Crippen LogP contribution is -2.31. The number of benzene rings is 2. The molecule has 1 amide bonds. The van der Waals surface area contributed by atoms with E-state index in [1.165, 1.54) is 0 Å². The summed E-state index contributed by atoms with van der Waals surface area (Å²) in [6, 6.07) is 10.4. The van der Waals surface area contributed by atoms with E-state index in [0.29, 0.717) is 47.7 Å². The van der Waals surface area contributed by atoms with E-state index >= 15 is 0 Å². The lowest BCUT2D eigenvalue weighted by molar-refractivity contribution is 0.0708. The van der Waals surface area contributed by atoms with Gasteiger partial charge in [0.05, 0.1) is 23.6 Å². The first-order valence-corrected chi connectivity index (χ1v) is 12.1. The van der Waals surface area contributed by atoms with Gasteiger partial charge in [-0.25, -0.2) is 0 Å². The van der Waals surface area contributed by atoms with Gasteiger partial charge in [0.25, 0.3) is 5.91 Å². The minimum Gasteiger partial charge on any atom is -0.494 e. The molecule has 0 fully saturated rings. The summed E-state index contributed by atoms with van der Waals surface area (Å²) in [4.78, 5) is 28.7. The number of unbranched alkanes of at least 4 members (excludes halogenated alkanes) is 2. The number of amides is 1. The van der Waals surface area contributed by atoms with Crippen LogP contribution in [0, 0.1) is 6.92 Å². The average Bonchev–Trinajstić information content (AvgIpc) is 3.11. The number of methoxy groups -OCH3 is 1. The van der Waals surface area contributed by atoms with Crippen LogP contribution in [-0.4, -0.2) is 37.7 Å². The Morgan fingerprint density at radius 1 is 1.06 bits per heavy atom. The van der Waals surface area contributed by atoms with Crippen LogP contribution in [0.1, 0.15) is 65.9 Å². The second-order valence-electron chi connectivity index (χ2n) is 8.64. The molecule has 4 rings (SSSR count). The molecule has 180 valence electrons. The fourth-order valence-corrected chi connectivity index (χ4v) is 4.55. The van der Waals surface area contributed by atoms with Crippen molar-refractivity contribution in [1.29, 1.82) is 0 Å². The predicted molar refractivity (Wildman–Crippen MR) is 133 cm³/mol. The Labute approximate surface area is 204 Å². The van der Waals surface area contributed by atoms with Crippen molar-refractivity contribution in [2.75, 3.05) is 26.9 Å². The van der Waals surface area contributed by atoms with Gasteiger partial charge in [-0.3, -0.25) is 9.59 Å². The van der Waals surface area contributed by atoms with Gasteiger partial charge in [0.1, 0.15) is 11.3 Å². The normalized spacial score (nSPS) is 15.2. The molecule has 34 heavy (non-hydrogen) atoms. The molecule has 1 aliphatic heterocycles. The molecule has 1 atom stereocenters. The van der Waals surface area contributed by atoms with E-state index in [-0.39, 0.29) is 17.1 Å². The number of halogens is 1. The molecular formula is C27H30ClNO5. The van der Waals surface area contributed by atoms with Crippen LogP contribution in [-0.2, 0) is 4.74 Å². The molecule has 1 aliphatic rings. The molecular weight excluding hydrogens is 454 g/mol. The van der Waals surface area contributed by atoms with E-state index in [4.69, 9.17) is 25.5 Å². The first-order valence-electron chi connectivity index (χ1n) is 11.8. The number of hydrogen-bond donors (Lipinski definition) is 0. The number of nitrogens with zero attached hydrogens (tertiary/aromatic N) is 1. The van der Waals surface area contributed by atoms with Crippen LogP contribution in [0.3, 0.4) is 0 Å². The monoisotopic (exact) mass is 483 g/mol. The molecule has 1 aromatic heterocycles. The van der Waals surface area contributed by atoms with Crippen LogP contribution in [0.4, 0.5) is 0 Å². The Kier molecular flexibility index (Phi) is 7.59.